The van der Waals surface area contributed by atoms with Gasteiger partial charge in [-0.3, -0.25) is 19.2 Å². The first-order valence-corrected chi connectivity index (χ1v) is 16.9. The van der Waals surface area contributed by atoms with Crippen LogP contribution in [0.5, 0.6) is 0 Å². The number of rotatable bonds is 12. The summed E-state index contributed by atoms with van der Waals surface area (Å²) >= 11 is 0. The second kappa shape index (κ2) is 14.4. The van der Waals surface area contributed by atoms with Gasteiger partial charge >= 0.3 is 5.97 Å². The van der Waals surface area contributed by atoms with Gasteiger partial charge in [0.1, 0.15) is 23.7 Å². The molecule has 2 saturated carbocycles. The molecule has 2 aromatic carbocycles. The average Bonchev–Trinajstić information content (AvgIpc) is 3.50. The molecule has 6 atom stereocenters. The van der Waals surface area contributed by atoms with E-state index in [1.54, 1.807) is 6.92 Å². The maximum Gasteiger partial charge on any atom is 0.329 e. The second-order valence-electron chi connectivity index (χ2n) is 14.0. The number of likely N-dealkylation sites (tertiary alicyclic amines) is 1. The molecular weight excluding hydrogens is 600 g/mol. The van der Waals surface area contributed by atoms with Crippen molar-refractivity contribution in [2.75, 3.05) is 6.54 Å². The van der Waals surface area contributed by atoms with E-state index in [0.717, 1.165) is 48.4 Å². The third kappa shape index (κ3) is 7.61. The number of benzene rings is 2. The zero-order valence-corrected chi connectivity index (χ0v) is 27.8. The number of carbonyl (C=O) groups is 5. The Kier molecular flexibility index (Phi) is 10.5. The number of carboxylic acids is 1. The maximum absolute atomic E-state index is 14.3. The highest BCUT2D eigenvalue weighted by molar-refractivity contribution is 5.97. The number of aliphatic carboxylic acids is 1. The second-order valence-corrected chi connectivity index (χ2v) is 14.0. The van der Waals surface area contributed by atoms with Gasteiger partial charge < -0.3 is 30.7 Å². The summed E-state index contributed by atoms with van der Waals surface area (Å²) in [5.74, 6) is -3.41. The molecule has 254 valence electrons. The molecule has 11 heteroatoms. The summed E-state index contributed by atoms with van der Waals surface area (Å²) in [4.78, 5) is 67.4. The van der Waals surface area contributed by atoms with Crippen LogP contribution in [0.25, 0.3) is 10.8 Å². The fraction of sp³-hybridized carbons (Fsp3) is 0.583. The molecule has 3 aliphatic rings. The molecule has 4 amide bonds. The number of nitrogens with zero attached hydrogens (tertiary/aromatic N) is 1. The molecule has 1 saturated heterocycles. The number of carbonyl (C=O) groups excluding carboxylic acids is 4. The summed E-state index contributed by atoms with van der Waals surface area (Å²) in [5.41, 5.74) is -0.380. The van der Waals surface area contributed by atoms with E-state index in [4.69, 9.17) is 4.74 Å². The zero-order valence-electron chi connectivity index (χ0n) is 27.8. The fourth-order valence-corrected chi connectivity index (χ4v) is 7.31. The fourth-order valence-electron chi connectivity index (χ4n) is 7.31. The molecule has 11 nitrogen and oxygen atoms in total. The maximum atomic E-state index is 14.3. The van der Waals surface area contributed by atoms with Gasteiger partial charge in [-0.2, -0.15) is 0 Å². The quantitative estimate of drug-likeness (QED) is 0.275. The van der Waals surface area contributed by atoms with Crippen LogP contribution in [0, 0.1) is 17.8 Å². The van der Waals surface area contributed by atoms with Crippen LogP contribution in [0.15, 0.2) is 42.5 Å². The van der Waals surface area contributed by atoms with Gasteiger partial charge in [0.2, 0.25) is 23.6 Å². The first-order chi connectivity index (χ1) is 22.4. The van der Waals surface area contributed by atoms with E-state index in [1.807, 2.05) is 56.3 Å². The van der Waals surface area contributed by atoms with Crippen molar-refractivity contribution in [3.8, 4) is 0 Å². The molecule has 5 rings (SSSR count). The van der Waals surface area contributed by atoms with E-state index in [0.29, 0.717) is 6.42 Å². The van der Waals surface area contributed by atoms with Gasteiger partial charge in [0.15, 0.2) is 0 Å². The summed E-state index contributed by atoms with van der Waals surface area (Å²) in [5, 5.41) is 20.5. The van der Waals surface area contributed by atoms with E-state index >= 15 is 0 Å². The van der Waals surface area contributed by atoms with E-state index < -0.39 is 53.5 Å². The van der Waals surface area contributed by atoms with Gasteiger partial charge in [0.05, 0.1) is 12.7 Å². The Labute approximate surface area is 276 Å². The molecule has 0 spiro atoms. The van der Waals surface area contributed by atoms with Gasteiger partial charge in [-0.15, -0.1) is 0 Å². The smallest absolute Gasteiger partial charge is 0.329 e. The van der Waals surface area contributed by atoms with Gasteiger partial charge in [0, 0.05) is 19.9 Å². The molecule has 1 heterocycles. The molecule has 47 heavy (non-hydrogen) atoms. The van der Waals surface area contributed by atoms with Crippen molar-refractivity contribution in [3.63, 3.8) is 0 Å². The first kappa shape index (κ1) is 34.3. The number of nitrogens with one attached hydrogen (secondary N) is 3. The third-order valence-electron chi connectivity index (χ3n) is 10.2. The molecule has 4 N–H and O–H groups in total. The molecule has 1 aliphatic heterocycles. The summed E-state index contributed by atoms with van der Waals surface area (Å²) in [6.45, 7) is 7.16. The summed E-state index contributed by atoms with van der Waals surface area (Å²) in [7, 11) is 0. The largest absolute Gasteiger partial charge is 0.479 e. The summed E-state index contributed by atoms with van der Waals surface area (Å²) < 4.78 is 6.33. The number of carboxylic acid groups (broad SMARTS) is 1. The normalized spacial score (nSPS) is 25.6. The lowest BCUT2D eigenvalue weighted by Gasteiger charge is -2.34. The van der Waals surface area contributed by atoms with Crippen molar-refractivity contribution >= 4 is 40.4 Å². The van der Waals surface area contributed by atoms with Gasteiger partial charge in [-0.25, -0.2) is 4.79 Å². The molecule has 2 aromatic rings. The van der Waals surface area contributed by atoms with Crippen molar-refractivity contribution in [3.05, 3.63) is 48.0 Å². The van der Waals surface area contributed by atoms with Crippen LogP contribution >= 0.6 is 0 Å². The number of hydrogen-bond acceptors (Lipinski definition) is 6. The van der Waals surface area contributed by atoms with Crippen LogP contribution in [0.1, 0.15) is 78.2 Å². The highest BCUT2D eigenvalue weighted by atomic mass is 16.5. The lowest BCUT2D eigenvalue weighted by atomic mass is 9.83. The molecule has 0 radical (unpaired) electrons. The van der Waals surface area contributed by atoms with Crippen LogP contribution in [0.4, 0.5) is 0 Å². The van der Waals surface area contributed by atoms with Crippen molar-refractivity contribution in [1.29, 1.82) is 0 Å². The molecule has 0 unspecified atom stereocenters. The Morgan fingerprint density at radius 2 is 1.68 bits per heavy atom. The van der Waals surface area contributed by atoms with Gasteiger partial charge in [-0.05, 0) is 53.4 Å². The molecule has 3 fully saturated rings. The summed E-state index contributed by atoms with van der Waals surface area (Å²) in [6, 6.07) is 11.2. The minimum atomic E-state index is -1.36. The van der Waals surface area contributed by atoms with E-state index in [1.165, 1.54) is 11.8 Å². The standard InChI is InChI=1S/C36H48N4O7/c1-21(2)30(38-33(43)31(37-23(4)41)25-12-6-5-7-13-25)34(44)40-19-27(17-29(40)32(42)39-36(35(45)46)18-22(36)3)47-20-26-15-10-14-24-11-8-9-16-28(24)26/h8-11,14-16,21-22,25,27,29-31H,5-7,12-13,17-20H2,1-4H3,(H,37,41)(H,38,43)(H,39,42)(H,45,46)/t22-,27-,29+,30+,31+,36-/m1/s1. The Bertz CT molecular complexity index is 1500. The number of hydrogen-bond donors (Lipinski definition) is 4. The minimum absolute atomic E-state index is 0.0273. The lowest BCUT2D eigenvalue weighted by molar-refractivity contribution is -0.146. The van der Waals surface area contributed by atoms with E-state index in [2.05, 4.69) is 16.0 Å². The Balaban J connectivity index is 1.36. The molecular formula is C36H48N4O7. The molecule has 0 aromatic heterocycles. The van der Waals surface area contributed by atoms with Crippen molar-refractivity contribution in [2.45, 2.75) is 109 Å². The molecule has 2 aliphatic carbocycles. The predicted molar refractivity (Wildman–Crippen MR) is 176 cm³/mol. The Hall–Kier alpha value is -3.99. The summed E-state index contributed by atoms with van der Waals surface area (Å²) in [6.07, 6.45) is 4.65. The van der Waals surface area contributed by atoms with Crippen molar-refractivity contribution in [2.24, 2.45) is 17.8 Å². The van der Waals surface area contributed by atoms with Crippen LogP contribution in [-0.2, 0) is 35.3 Å². The predicted octanol–water partition coefficient (Wildman–Crippen LogP) is 3.53. The minimum Gasteiger partial charge on any atom is -0.479 e. The van der Waals surface area contributed by atoms with Crippen LogP contribution in [0.3, 0.4) is 0 Å². The Morgan fingerprint density at radius 3 is 2.32 bits per heavy atom. The van der Waals surface area contributed by atoms with Crippen LogP contribution in [0.2, 0.25) is 0 Å². The topological polar surface area (TPSA) is 154 Å². The number of fused-ring (bicyclic) bond motifs is 1. The van der Waals surface area contributed by atoms with Gasteiger partial charge in [-0.1, -0.05) is 82.5 Å². The average molecular weight is 649 g/mol. The number of amides is 4. The van der Waals surface area contributed by atoms with Crippen LogP contribution in [-0.4, -0.2) is 75.9 Å². The first-order valence-electron chi connectivity index (χ1n) is 16.9. The van der Waals surface area contributed by atoms with Crippen molar-refractivity contribution in [1.82, 2.24) is 20.9 Å². The molecule has 0 bridgehead atoms. The zero-order chi connectivity index (χ0) is 33.9. The SMILES string of the molecule is CC(=O)N[C@H](C(=O)N[C@H](C(=O)N1C[C@H](OCc2cccc3ccccc23)C[C@H]1C(=O)N[C@]1(C(=O)O)C[C@H]1C)C(C)C)C1CCCCC1. The Morgan fingerprint density at radius 1 is 1.00 bits per heavy atom. The number of ether oxygens (including phenoxy) is 1. The monoisotopic (exact) mass is 648 g/mol. The highest BCUT2D eigenvalue weighted by Crippen LogP contribution is 2.43. The van der Waals surface area contributed by atoms with Crippen LogP contribution < -0.4 is 16.0 Å². The van der Waals surface area contributed by atoms with Crippen molar-refractivity contribution < 1.29 is 33.8 Å². The van der Waals surface area contributed by atoms with E-state index in [-0.39, 0.29) is 43.2 Å². The lowest BCUT2D eigenvalue weighted by Crippen LogP contribution is -2.60. The van der Waals surface area contributed by atoms with E-state index in [9.17, 15) is 29.1 Å². The third-order valence-corrected chi connectivity index (χ3v) is 10.2. The highest BCUT2D eigenvalue weighted by Gasteiger charge is 2.60. The van der Waals surface area contributed by atoms with Gasteiger partial charge in [0.25, 0.3) is 0 Å².